The zero-order valence-electron chi connectivity index (χ0n) is 13.9. The maximum absolute atomic E-state index is 12.3. The summed E-state index contributed by atoms with van der Waals surface area (Å²) in [5.74, 6) is -0.196. The van der Waals surface area contributed by atoms with Crippen LogP contribution in [-0.4, -0.2) is 45.8 Å². The van der Waals surface area contributed by atoms with E-state index in [4.69, 9.17) is 4.74 Å². The van der Waals surface area contributed by atoms with Gasteiger partial charge in [-0.05, 0) is 25.3 Å². The van der Waals surface area contributed by atoms with E-state index >= 15 is 0 Å². The molecule has 2 aliphatic heterocycles. The molecule has 0 radical (unpaired) electrons. The molecule has 24 heavy (non-hydrogen) atoms. The Morgan fingerprint density at radius 2 is 2.04 bits per heavy atom. The maximum Gasteiger partial charge on any atom is 0.330 e. The molecule has 0 N–H and O–H groups in total. The number of hydrogen-bond acceptors (Lipinski definition) is 5. The number of benzene rings is 1. The predicted molar refractivity (Wildman–Crippen MR) is 91.8 cm³/mol. The minimum atomic E-state index is -0.578. The van der Waals surface area contributed by atoms with Crippen LogP contribution >= 0.6 is 11.8 Å². The maximum atomic E-state index is 12.3. The zero-order valence-corrected chi connectivity index (χ0v) is 14.7. The highest BCUT2D eigenvalue weighted by Gasteiger charge is 2.53. The number of rotatable bonds is 5. The number of nitrogens with zero attached hydrogens (tertiary/aromatic N) is 1. The molecule has 1 aromatic carbocycles. The fourth-order valence-electron chi connectivity index (χ4n) is 3.24. The Kier molecular flexibility index (Phi) is 4.67. The SMILES string of the molecule is CCc1ccc(C(=O)COC(=O)[C@H]2CS[C@]3(C)CCC(=O)N23)cc1. The number of fused-ring (bicyclic) bond motifs is 1. The molecule has 0 aromatic heterocycles. The number of carbonyl (C=O) groups excluding carboxylic acids is 3. The van der Waals surface area contributed by atoms with Gasteiger partial charge in [-0.25, -0.2) is 4.79 Å². The van der Waals surface area contributed by atoms with Gasteiger partial charge in [0.25, 0.3) is 0 Å². The third kappa shape index (κ3) is 3.07. The van der Waals surface area contributed by atoms with Gasteiger partial charge in [0.2, 0.25) is 5.91 Å². The molecule has 0 saturated carbocycles. The van der Waals surface area contributed by atoms with Crippen LogP contribution in [0.25, 0.3) is 0 Å². The molecule has 0 aliphatic carbocycles. The van der Waals surface area contributed by atoms with E-state index in [1.165, 1.54) is 0 Å². The number of thioether (sulfide) groups is 1. The predicted octanol–water partition coefficient (Wildman–Crippen LogP) is 2.43. The number of hydrogen-bond donors (Lipinski definition) is 0. The minimum absolute atomic E-state index is 0.00840. The Morgan fingerprint density at radius 1 is 1.33 bits per heavy atom. The van der Waals surface area contributed by atoms with Crippen molar-refractivity contribution >= 4 is 29.4 Å². The van der Waals surface area contributed by atoms with Gasteiger partial charge in [0.05, 0.1) is 4.87 Å². The molecule has 1 amide bonds. The summed E-state index contributed by atoms with van der Waals surface area (Å²) in [6.07, 6.45) is 2.13. The molecule has 2 aliphatic rings. The molecule has 2 saturated heterocycles. The summed E-state index contributed by atoms with van der Waals surface area (Å²) < 4.78 is 5.20. The average molecular weight is 347 g/mol. The van der Waals surface area contributed by atoms with Gasteiger partial charge in [-0.1, -0.05) is 31.2 Å². The fraction of sp³-hybridized carbons (Fsp3) is 0.500. The van der Waals surface area contributed by atoms with Crippen molar-refractivity contribution in [3.63, 3.8) is 0 Å². The Morgan fingerprint density at radius 3 is 2.71 bits per heavy atom. The van der Waals surface area contributed by atoms with Crippen molar-refractivity contribution in [1.82, 2.24) is 4.90 Å². The van der Waals surface area contributed by atoms with E-state index in [0.29, 0.717) is 17.7 Å². The number of ether oxygens (including phenoxy) is 1. The van der Waals surface area contributed by atoms with E-state index in [9.17, 15) is 14.4 Å². The highest BCUT2D eigenvalue weighted by molar-refractivity contribution is 8.01. The molecule has 2 atom stereocenters. The normalized spacial score (nSPS) is 25.7. The Balaban J connectivity index is 1.59. The van der Waals surface area contributed by atoms with Gasteiger partial charge >= 0.3 is 5.97 Å². The van der Waals surface area contributed by atoms with Crippen LogP contribution in [0, 0.1) is 0 Å². The van der Waals surface area contributed by atoms with E-state index in [2.05, 4.69) is 0 Å². The number of Topliss-reactive ketones (excluding diaryl/α,β-unsaturated/α-hetero) is 1. The van der Waals surface area contributed by atoms with Crippen molar-refractivity contribution in [2.24, 2.45) is 0 Å². The third-order valence-corrected chi connectivity index (χ3v) is 6.25. The van der Waals surface area contributed by atoms with Crippen LogP contribution in [0.4, 0.5) is 0 Å². The second-order valence-electron chi connectivity index (χ2n) is 6.35. The topological polar surface area (TPSA) is 63.7 Å². The molecule has 5 nitrogen and oxygen atoms in total. The summed E-state index contributed by atoms with van der Waals surface area (Å²) in [5, 5.41) is 0. The van der Waals surface area contributed by atoms with E-state index in [1.54, 1.807) is 28.8 Å². The summed E-state index contributed by atoms with van der Waals surface area (Å²) in [4.78, 5) is 37.9. The molecule has 0 bridgehead atoms. The van der Waals surface area contributed by atoms with E-state index in [0.717, 1.165) is 18.4 Å². The van der Waals surface area contributed by atoms with Gasteiger partial charge in [0, 0.05) is 17.7 Å². The molecule has 1 aromatic rings. The van der Waals surface area contributed by atoms with Gasteiger partial charge < -0.3 is 9.64 Å². The molecular formula is C18H21NO4S. The summed E-state index contributed by atoms with van der Waals surface area (Å²) in [6.45, 7) is 3.74. The Bertz CT molecular complexity index is 672. The first-order valence-electron chi connectivity index (χ1n) is 8.19. The number of esters is 1. The number of amides is 1. The lowest BCUT2D eigenvalue weighted by atomic mass is 10.1. The molecule has 2 heterocycles. The van der Waals surface area contributed by atoms with Crippen LogP contribution in [0.1, 0.15) is 42.6 Å². The molecule has 6 heteroatoms. The molecule has 3 rings (SSSR count). The highest BCUT2D eigenvalue weighted by Crippen LogP contribution is 2.47. The van der Waals surface area contributed by atoms with Crippen molar-refractivity contribution in [3.8, 4) is 0 Å². The Hall–Kier alpha value is -1.82. The second-order valence-corrected chi connectivity index (χ2v) is 7.85. The lowest BCUT2D eigenvalue weighted by molar-refractivity contribution is -0.152. The fourth-order valence-corrected chi connectivity index (χ4v) is 4.65. The number of carbonyl (C=O) groups is 3. The minimum Gasteiger partial charge on any atom is -0.456 e. The average Bonchev–Trinajstić information content (AvgIpc) is 3.09. The van der Waals surface area contributed by atoms with Crippen LogP contribution in [0.3, 0.4) is 0 Å². The van der Waals surface area contributed by atoms with Gasteiger partial charge in [-0.2, -0.15) is 0 Å². The van der Waals surface area contributed by atoms with E-state index in [-0.39, 0.29) is 23.2 Å². The van der Waals surface area contributed by atoms with Crippen LogP contribution in [-0.2, 0) is 20.7 Å². The molecule has 128 valence electrons. The van der Waals surface area contributed by atoms with Crippen molar-refractivity contribution in [3.05, 3.63) is 35.4 Å². The van der Waals surface area contributed by atoms with Crippen molar-refractivity contribution in [2.45, 2.75) is 44.0 Å². The zero-order chi connectivity index (χ0) is 17.3. The lowest BCUT2D eigenvalue weighted by Crippen LogP contribution is -2.46. The first-order chi connectivity index (χ1) is 11.4. The first kappa shape index (κ1) is 17.0. The molecule has 2 fully saturated rings. The van der Waals surface area contributed by atoms with Crippen LogP contribution in [0.2, 0.25) is 0 Å². The standard InChI is InChI=1S/C18H21NO4S/c1-3-12-4-6-13(7-5-12)15(20)10-23-17(22)14-11-24-18(2)9-8-16(21)19(14)18/h4-7,14H,3,8-11H2,1-2H3/t14-,18-/m1/s1. The third-order valence-electron chi connectivity index (χ3n) is 4.75. The molecule has 0 unspecified atom stereocenters. The Labute approximate surface area is 145 Å². The largest absolute Gasteiger partial charge is 0.456 e. The van der Waals surface area contributed by atoms with Gasteiger partial charge in [0.15, 0.2) is 12.4 Å². The van der Waals surface area contributed by atoms with Crippen molar-refractivity contribution in [1.29, 1.82) is 0 Å². The molecular weight excluding hydrogens is 326 g/mol. The van der Waals surface area contributed by atoms with Crippen molar-refractivity contribution in [2.75, 3.05) is 12.4 Å². The van der Waals surface area contributed by atoms with Crippen LogP contribution < -0.4 is 0 Å². The van der Waals surface area contributed by atoms with Gasteiger partial charge in [-0.15, -0.1) is 11.8 Å². The van der Waals surface area contributed by atoms with E-state index in [1.807, 2.05) is 26.0 Å². The molecule has 0 spiro atoms. The van der Waals surface area contributed by atoms with Gasteiger partial charge in [0.1, 0.15) is 6.04 Å². The lowest BCUT2D eigenvalue weighted by Gasteiger charge is -2.29. The number of aryl methyl sites for hydroxylation is 1. The summed E-state index contributed by atoms with van der Waals surface area (Å²) in [7, 11) is 0. The van der Waals surface area contributed by atoms with Crippen LogP contribution in [0.5, 0.6) is 0 Å². The monoisotopic (exact) mass is 347 g/mol. The second kappa shape index (κ2) is 6.59. The van der Waals surface area contributed by atoms with Gasteiger partial charge in [-0.3, -0.25) is 9.59 Å². The van der Waals surface area contributed by atoms with Crippen LogP contribution in [0.15, 0.2) is 24.3 Å². The quantitative estimate of drug-likeness (QED) is 0.605. The van der Waals surface area contributed by atoms with Crippen molar-refractivity contribution < 1.29 is 19.1 Å². The summed E-state index contributed by atoms with van der Waals surface area (Å²) in [6, 6.07) is 6.72. The number of ketones is 1. The first-order valence-corrected chi connectivity index (χ1v) is 9.18. The summed E-state index contributed by atoms with van der Waals surface area (Å²) >= 11 is 1.61. The summed E-state index contributed by atoms with van der Waals surface area (Å²) in [5.41, 5.74) is 1.68. The smallest absolute Gasteiger partial charge is 0.330 e. The van der Waals surface area contributed by atoms with E-state index < -0.39 is 12.0 Å². The highest BCUT2D eigenvalue weighted by atomic mass is 32.2.